The van der Waals surface area contributed by atoms with Crippen LogP contribution in [0.4, 0.5) is 8.78 Å². The lowest BCUT2D eigenvalue weighted by molar-refractivity contribution is 0.000412. The highest BCUT2D eigenvalue weighted by Gasteiger charge is 2.48. The minimum atomic E-state index is -2.61. The Labute approximate surface area is 83.2 Å². The summed E-state index contributed by atoms with van der Waals surface area (Å²) in [5.74, 6) is 2.32. The average molecular weight is 208 g/mol. The molecule has 0 unspecified atom stereocenters. The van der Waals surface area contributed by atoms with Crippen LogP contribution in [0.15, 0.2) is 0 Å². The molecule has 14 heavy (non-hydrogen) atoms. The molecule has 0 radical (unpaired) electrons. The highest BCUT2D eigenvalue weighted by molar-refractivity contribution is 4.95. The maximum Gasteiger partial charge on any atom is 0.262 e. The Morgan fingerprint density at radius 3 is 2.50 bits per heavy atom. The first-order chi connectivity index (χ1) is 6.26. The molecular formula is C9H18F2N2O. The molecule has 2 N–H and O–H groups in total. The third kappa shape index (κ3) is 2.62. The molecule has 5 heteroatoms. The summed E-state index contributed by atoms with van der Waals surface area (Å²) in [5.41, 5.74) is -0.275. The number of alkyl halides is 2. The van der Waals surface area contributed by atoms with Gasteiger partial charge in [-0.1, -0.05) is 0 Å². The van der Waals surface area contributed by atoms with E-state index in [2.05, 4.69) is 4.84 Å². The molecule has 1 fully saturated rings. The predicted octanol–water partition coefficient (Wildman–Crippen LogP) is 1.38. The first kappa shape index (κ1) is 11.8. The van der Waals surface area contributed by atoms with Crippen LogP contribution in [0, 0.1) is 0 Å². The highest BCUT2D eigenvalue weighted by Crippen LogP contribution is 2.36. The summed E-state index contributed by atoms with van der Waals surface area (Å²) < 4.78 is 26.3. The Balaban J connectivity index is 2.73. The quantitative estimate of drug-likeness (QED) is 0.697. The molecule has 1 rings (SSSR count). The van der Waals surface area contributed by atoms with E-state index in [-0.39, 0.29) is 31.2 Å². The van der Waals surface area contributed by atoms with Crippen molar-refractivity contribution >= 4 is 0 Å². The molecule has 1 atom stereocenters. The lowest BCUT2D eigenvalue weighted by Gasteiger charge is -2.35. The molecule has 0 aliphatic carbocycles. The standard InChI is InChI=1S/C9H18F2N2O/c1-8(2,3)13-6-9(10,11)4-7(13)5-14-12/h7H,4-6,12H2,1-3H3/t7-/m0/s1. The summed E-state index contributed by atoms with van der Waals surface area (Å²) in [7, 11) is 0. The van der Waals surface area contributed by atoms with E-state index in [1.54, 1.807) is 4.90 Å². The molecule has 1 aliphatic rings. The van der Waals surface area contributed by atoms with Crippen LogP contribution in [0.1, 0.15) is 27.2 Å². The van der Waals surface area contributed by atoms with Crippen molar-refractivity contribution in [3.63, 3.8) is 0 Å². The van der Waals surface area contributed by atoms with Gasteiger partial charge in [0, 0.05) is 18.0 Å². The number of hydrogen-bond donors (Lipinski definition) is 1. The lowest BCUT2D eigenvalue weighted by Crippen LogP contribution is -2.47. The zero-order valence-corrected chi connectivity index (χ0v) is 8.89. The number of nitrogens with zero attached hydrogens (tertiary/aromatic N) is 1. The van der Waals surface area contributed by atoms with E-state index in [1.807, 2.05) is 20.8 Å². The maximum absolute atomic E-state index is 13.2. The number of nitrogens with two attached hydrogens (primary N) is 1. The van der Waals surface area contributed by atoms with Crippen molar-refractivity contribution in [1.82, 2.24) is 4.90 Å². The van der Waals surface area contributed by atoms with E-state index in [4.69, 9.17) is 5.90 Å². The van der Waals surface area contributed by atoms with Crippen LogP contribution in [-0.4, -0.2) is 35.6 Å². The van der Waals surface area contributed by atoms with Crippen molar-refractivity contribution in [3.8, 4) is 0 Å². The van der Waals surface area contributed by atoms with E-state index in [0.717, 1.165) is 0 Å². The average Bonchev–Trinajstić information content (AvgIpc) is 2.25. The Hall–Kier alpha value is -0.260. The van der Waals surface area contributed by atoms with E-state index in [9.17, 15) is 8.78 Å². The molecule has 1 aliphatic heterocycles. The van der Waals surface area contributed by atoms with Gasteiger partial charge in [-0.3, -0.25) is 4.90 Å². The minimum Gasteiger partial charge on any atom is -0.303 e. The van der Waals surface area contributed by atoms with E-state index in [1.165, 1.54) is 0 Å². The van der Waals surface area contributed by atoms with Gasteiger partial charge >= 0.3 is 0 Å². The Morgan fingerprint density at radius 2 is 2.07 bits per heavy atom. The van der Waals surface area contributed by atoms with Gasteiger partial charge in [-0.05, 0) is 20.8 Å². The summed E-state index contributed by atoms with van der Waals surface area (Å²) >= 11 is 0. The lowest BCUT2D eigenvalue weighted by atomic mass is 10.1. The molecule has 0 amide bonds. The van der Waals surface area contributed by atoms with Crippen molar-refractivity contribution in [3.05, 3.63) is 0 Å². The summed E-state index contributed by atoms with van der Waals surface area (Å²) in [6.07, 6.45) is -0.165. The van der Waals surface area contributed by atoms with Crippen molar-refractivity contribution < 1.29 is 13.6 Å². The van der Waals surface area contributed by atoms with Gasteiger partial charge in [-0.2, -0.15) is 0 Å². The van der Waals surface area contributed by atoms with Gasteiger partial charge in [-0.15, -0.1) is 0 Å². The number of likely N-dealkylation sites (tertiary alicyclic amines) is 1. The van der Waals surface area contributed by atoms with Crippen molar-refractivity contribution in [2.75, 3.05) is 13.2 Å². The fraction of sp³-hybridized carbons (Fsp3) is 1.00. The zero-order valence-electron chi connectivity index (χ0n) is 8.89. The van der Waals surface area contributed by atoms with Crippen LogP contribution in [0.5, 0.6) is 0 Å². The van der Waals surface area contributed by atoms with E-state index >= 15 is 0 Å². The summed E-state index contributed by atoms with van der Waals surface area (Å²) in [6, 6.07) is -0.282. The largest absolute Gasteiger partial charge is 0.303 e. The van der Waals surface area contributed by atoms with Crippen LogP contribution in [0.2, 0.25) is 0 Å². The molecule has 3 nitrogen and oxygen atoms in total. The van der Waals surface area contributed by atoms with Gasteiger partial charge in [0.15, 0.2) is 0 Å². The van der Waals surface area contributed by atoms with Crippen LogP contribution in [-0.2, 0) is 4.84 Å². The second kappa shape index (κ2) is 3.72. The van der Waals surface area contributed by atoms with Crippen LogP contribution < -0.4 is 5.90 Å². The predicted molar refractivity (Wildman–Crippen MR) is 50.0 cm³/mol. The van der Waals surface area contributed by atoms with Gasteiger partial charge in [-0.25, -0.2) is 14.7 Å². The summed E-state index contributed by atoms with van der Waals surface area (Å²) in [4.78, 5) is 6.22. The van der Waals surface area contributed by atoms with Gasteiger partial charge < -0.3 is 4.84 Å². The van der Waals surface area contributed by atoms with Crippen LogP contribution in [0.3, 0.4) is 0 Å². The smallest absolute Gasteiger partial charge is 0.262 e. The second-order valence-corrected chi connectivity index (χ2v) is 4.85. The Morgan fingerprint density at radius 1 is 1.50 bits per heavy atom. The Bertz CT molecular complexity index is 203. The van der Waals surface area contributed by atoms with Crippen LogP contribution in [0.25, 0.3) is 0 Å². The van der Waals surface area contributed by atoms with E-state index in [0.29, 0.717) is 0 Å². The fourth-order valence-corrected chi connectivity index (χ4v) is 1.94. The topological polar surface area (TPSA) is 38.5 Å². The highest BCUT2D eigenvalue weighted by atomic mass is 19.3. The normalized spacial score (nSPS) is 28.3. The Kier molecular flexibility index (Phi) is 3.13. The summed E-state index contributed by atoms with van der Waals surface area (Å²) in [5, 5.41) is 0. The van der Waals surface area contributed by atoms with Gasteiger partial charge in [0.25, 0.3) is 5.92 Å². The van der Waals surface area contributed by atoms with Crippen molar-refractivity contribution in [2.24, 2.45) is 5.90 Å². The van der Waals surface area contributed by atoms with Gasteiger partial charge in [0.1, 0.15) is 0 Å². The van der Waals surface area contributed by atoms with Gasteiger partial charge in [0.05, 0.1) is 13.2 Å². The molecule has 1 saturated heterocycles. The molecule has 0 aromatic rings. The third-order valence-electron chi connectivity index (χ3n) is 2.53. The van der Waals surface area contributed by atoms with Gasteiger partial charge in [0.2, 0.25) is 0 Å². The second-order valence-electron chi connectivity index (χ2n) is 4.85. The number of halogens is 2. The molecule has 0 saturated carbocycles. The fourth-order valence-electron chi connectivity index (χ4n) is 1.94. The molecule has 0 bridgehead atoms. The molecule has 84 valence electrons. The van der Waals surface area contributed by atoms with Crippen molar-refractivity contribution in [1.29, 1.82) is 0 Å². The first-order valence-corrected chi connectivity index (χ1v) is 4.72. The zero-order chi connectivity index (χ0) is 11.0. The first-order valence-electron chi connectivity index (χ1n) is 4.72. The monoisotopic (exact) mass is 208 g/mol. The SMILES string of the molecule is CC(C)(C)N1CC(F)(F)C[C@H]1CON. The summed E-state index contributed by atoms with van der Waals surface area (Å²) in [6.45, 7) is 5.70. The van der Waals surface area contributed by atoms with Crippen LogP contribution >= 0.6 is 0 Å². The molecule has 1 heterocycles. The maximum atomic E-state index is 13.2. The minimum absolute atomic E-state index is 0.160. The van der Waals surface area contributed by atoms with E-state index < -0.39 is 5.92 Å². The molecule has 0 spiro atoms. The van der Waals surface area contributed by atoms with Crippen molar-refractivity contribution in [2.45, 2.75) is 44.7 Å². The number of rotatable bonds is 2. The molecular weight excluding hydrogens is 190 g/mol. The third-order valence-corrected chi connectivity index (χ3v) is 2.53. The molecule has 0 aromatic heterocycles. The molecule has 0 aromatic carbocycles. The number of hydrogen-bond acceptors (Lipinski definition) is 3.